The summed E-state index contributed by atoms with van der Waals surface area (Å²) in [5, 5.41) is 11.7. The maximum Gasteiger partial charge on any atom is 0.416 e. The molecule has 0 spiro atoms. The van der Waals surface area contributed by atoms with Gasteiger partial charge in [-0.05, 0) is 82.5 Å². The fourth-order valence-electron chi connectivity index (χ4n) is 3.11. The van der Waals surface area contributed by atoms with E-state index in [4.69, 9.17) is 21.1 Å². The summed E-state index contributed by atoms with van der Waals surface area (Å²) >= 11 is 9.32. The summed E-state index contributed by atoms with van der Waals surface area (Å²) in [5.41, 5.74) is -0.579. The number of nitriles is 1. The van der Waals surface area contributed by atoms with Gasteiger partial charge in [0.25, 0.3) is 5.91 Å². The molecule has 0 aliphatic rings. The van der Waals surface area contributed by atoms with E-state index in [9.17, 15) is 27.6 Å². The topological polar surface area (TPSA) is 71.3 Å². The summed E-state index contributed by atoms with van der Waals surface area (Å²) in [6, 6.07) is 13.1. The maximum atomic E-state index is 13.1. The normalized spacial score (nSPS) is 11.6. The second kappa shape index (κ2) is 12.1. The van der Waals surface area contributed by atoms with Gasteiger partial charge >= 0.3 is 6.18 Å². The number of halogens is 6. The molecule has 5 nitrogen and oxygen atoms in total. The van der Waals surface area contributed by atoms with Crippen molar-refractivity contribution < 1.29 is 31.8 Å². The van der Waals surface area contributed by atoms with E-state index >= 15 is 0 Å². The van der Waals surface area contributed by atoms with Crippen LogP contribution in [0.15, 0.2) is 64.6 Å². The Balaban J connectivity index is 1.87. The highest BCUT2D eigenvalue weighted by Crippen LogP contribution is 2.38. The summed E-state index contributed by atoms with van der Waals surface area (Å²) in [6.07, 6.45) is -3.39. The Kier molecular flexibility index (Phi) is 9.18. The molecular weight excluding hydrogens is 580 g/mol. The molecule has 11 heteroatoms. The number of ether oxygens (including phenoxy) is 2. The lowest BCUT2D eigenvalue weighted by Crippen LogP contribution is -2.15. The minimum atomic E-state index is -4.64. The third kappa shape index (κ3) is 7.47. The smallest absolute Gasteiger partial charge is 0.416 e. The van der Waals surface area contributed by atoms with Gasteiger partial charge in [0.1, 0.15) is 24.1 Å². The number of hydrogen-bond donors (Lipinski definition) is 1. The molecule has 0 atom stereocenters. The van der Waals surface area contributed by atoms with E-state index in [1.54, 1.807) is 31.2 Å². The van der Waals surface area contributed by atoms with E-state index in [0.29, 0.717) is 27.6 Å². The lowest BCUT2D eigenvalue weighted by molar-refractivity contribution is -0.137. The predicted octanol–water partition coefficient (Wildman–Crippen LogP) is 7.78. The number of carbonyl (C=O) groups excluding carboxylic acids is 1. The zero-order valence-corrected chi connectivity index (χ0v) is 21.5. The van der Waals surface area contributed by atoms with Crippen molar-refractivity contribution in [3.8, 4) is 17.6 Å². The molecule has 0 saturated heterocycles. The van der Waals surface area contributed by atoms with Crippen molar-refractivity contribution in [2.75, 3.05) is 11.9 Å². The molecular formula is C26H18BrClF4N2O3. The van der Waals surface area contributed by atoms with Gasteiger partial charge < -0.3 is 14.8 Å². The number of alkyl halides is 3. The Labute approximate surface area is 223 Å². The molecule has 0 aromatic heterocycles. The summed E-state index contributed by atoms with van der Waals surface area (Å²) in [5.74, 6) is -0.663. The average Bonchev–Trinajstić information content (AvgIpc) is 2.84. The molecule has 0 saturated carbocycles. The first kappa shape index (κ1) is 28.0. The molecule has 37 heavy (non-hydrogen) atoms. The Hall–Kier alpha value is -3.55. The summed E-state index contributed by atoms with van der Waals surface area (Å²) < 4.78 is 64.2. The number of amides is 1. The van der Waals surface area contributed by atoms with Crippen molar-refractivity contribution in [1.29, 1.82) is 5.26 Å². The van der Waals surface area contributed by atoms with E-state index in [2.05, 4.69) is 21.2 Å². The highest BCUT2D eigenvalue weighted by atomic mass is 79.9. The molecule has 0 bridgehead atoms. The number of anilines is 1. The molecule has 3 aromatic carbocycles. The van der Waals surface area contributed by atoms with Crippen LogP contribution in [0.3, 0.4) is 0 Å². The third-order valence-corrected chi connectivity index (χ3v) is 5.76. The van der Waals surface area contributed by atoms with Gasteiger partial charge in [-0.1, -0.05) is 23.7 Å². The van der Waals surface area contributed by atoms with E-state index < -0.39 is 17.6 Å². The predicted molar refractivity (Wildman–Crippen MR) is 135 cm³/mol. The largest absolute Gasteiger partial charge is 0.490 e. The van der Waals surface area contributed by atoms with Gasteiger partial charge in [-0.3, -0.25) is 4.79 Å². The van der Waals surface area contributed by atoms with Crippen LogP contribution >= 0.6 is 27.5 Å². The van der Waals surface area contributed by atoms with Crippen LogP contribution in [-0.2, 0) is 17.6 Å². The van der Waals surface area contributed by atoms with Crippen LogP contribution in [-0.4, -0.2) is 12.5 Å². The number of carbonyl (C=O) groups is 1. The first-order valence-corrected chi connectivity index (χ1v) is 11.8. The van der Waals surface area contributed by atoms with Gasteiger partial charge in [0.15, 0.2) is 11.5 Å². The lowest BCUT2D eigenvalue weighted by Gasteiger charge is -2.15. The number of nitrogens with one attached hydrogen (secondary N) is 1. The first-order chi connectivity index (χ1) is 17.5. The number of hydrogen-bond acceptors (Lipinski definition) is 4. The summed E-state index contributed by atoms with van der Waals surface area (Å²) in [4.78, 5) is 12.7. The molecule has 3 rings (SSSR count). The zero-order valence-electron chi connectivity index (χ0n) is 19.1. The molecule has 0 aliphatic carbocycles. The van der Waals surface area contributed by atoms with Gasteiger partial charge in [-0.2, -0.15) is 18.4 Å². The highest BCUT2D eigenvalue weighted by Gasteiger charge is 2.31. The van der Waals surface area contributed by atoms with Crippen LogP contribution in [0.4, 0.5) is 23.2 Å². The molecule has 0 unspecified atom stereocenters. The molecule has 192 valence electrons. The van der Waals surface area contributed by atoms with Crippen molar-refractivity contribution in [2.45, 2.75) is 19.7 Å². The van der Waals surface area contributed by atoms with Crippen LogP contribution in [0.25, 0.3) is 6.08 Å². The third-order valence-electron chi connectivity index (χ3n) is 4.85. The minimum Gasteiger partial charge on any atom is -0.490 e. The molecule has 0 heterocycles. The van der Waals surface area contributed by atoms with Crippen LogP contribution in [0.2, 0.25) is 5.02 Å². The highest BCUT2D eigenvalue weighted by molar-refractivity contribution is 9.10. The van der Waals surface area contributed by atoms with Crippen LogP contribution in [0.5, 0.6) is 11.5 Å². The van der Waals surface area contributed by atoms with Gasteiger partial charge in [0.2, 0.25) is 0 Å². The fourth-order valence-corrected chi connectivity index (χ4v) is 3.85. The molecule has 0 fully saturated rings. The second-order valence-electron chi connectivity index (χ2n) is 7.49. The van der Waals surface area contributed by atoms with Crippen LogP contribution in [0.1, 0.15) is 23.6 Å². The van der Waals surface area contributed by atoms with Gasteiger partial charge in [0.05, 0.1) is 27.4 Å². The number of benzene rings is 3. The standard InChI is InChI=1S/C26H18BrClF4N2O3/c1-2-36-23-11-16(10-20(27)24(23)37-14-15-3-6-19(29)7-4-15)9-17(13-33)25(35)34-22-12-18(26(30,31)32)5-8-21(22)28/h3-12H,2,14H2,1H3,(H,34,35)/b17-9+. The summed E-state index contributed by atoms with van der Waals surface area (Å²) in [7, 11) is 0. The quantitative estimate of drug-likeness (QED) is 0.164. The Morgan fingerprint density at radius 3 is 2.46 bits per heavy atom. The minimum absolute atomic E-state index is 0.123. The van der Waals surface area contributed by atoms with Crippen molar-refractivity contribution in [3.63, 3.8) is 0 Å². The molecule has 1 amide bonds. The molecule has 3 aromatic rings. The fraction of sp³-hybridized carbons (Fsp3) is 0.154. The molecule has 0 radical (unpaired) electrons. The lowest BCUT2D eigenvalue weighted by atomic mass is 10.1. The van der Waals surface area contributed by atoms with E-state index in [1.807, 2.05) is 0 Å². The SMILES string of the molecule is CCOc1cc(/C=C(\C#N)C(=O)Nc2cc(C(F)(F)F)ccc2Cl)cc(Br)c1OCc1ccc(F)cc1. The average molecular weight is 598 g/mol. The second-order valence-corrected chi connectivity index (χ2v) is 8.76. The van der Waals surface area contributed by atoms with Crippen molar-refractivity contribution in [3.05, 3.63) is 92.2 Å². The monoisotopic (exact) mass is 596 g/mol. The zero-order chi connectivity index (χ0) is 27.2. The van der Waals surface area contributed by atoms with Gasteiger partial charge in [0, 0.05) is 0 Å². The van der Waals surface area contributed by atoms with Crippen molar-refractivity contribution in [1.82, 2.24) is 0 Å². The van der Waals surface area contributed by atoms with Gasteiger partial charge in [-0.15, -0.1) is 0 Å². The Morgan fingerprint density at radius 1 is 1.14 bits per heavy atom. The molecule has 1 N–H and O–H groups in total. The Bertz CT molecular complexity index is 1370. The van der Waals surface area contributed by atoms with E-state index in [-0.39, 0.29) is 35.3 Å². The summed E-state index contributed by atoms with van der Waals surface area (Å²) in [6.45, 7) is 2.16. The van der Waals surface area contributed by atoms with Gasteiger partial charge in [-0.25, -0.2) is 4.39 Å². The van der Waals surface area contributed by atoms with E-state index in [0.717, 1.165) is 17.7 Å². The van der Waals surface area contributed by atoms with Crippen LogP contribution in [0, 0.1) is 17.1 Å². The van der Waals surface area contributed by atoms with Crippen LogP contribution < -0.4 is 14.8 Å². The Morgan fingerprint density at radius 2 is 1.84 bits per heavy atom. The molecule has 0 aliphatic heterocycles. The number of rotatable bonds is 8. The van der Waals surface area contributed by atoms with E-state index in [1.165, 1.54) is 24.3 Å². The van der Waals surface area contributed by atoms with Crippen molar-refractivity contribution >= 4 is 45.2 Å². The first-order valence-electron chi connectivity index (χ1n) is 10.6. The maximum absolute atomic E-state index is 13.1. The van der Waals surface area contributed by atoms with Crippen molar-refractivity contribution in [2.24, 2.45) is 0 Å². The number of nitrogens with zero attached hydrogens (tertiary/aromatic N) is 1.